The molecule has 0 bridgehead atoms. The third kappa shape index (κ3) is 5.80. The summed E-state index contributed by atoms with van der Waals surface area (Å²) in [6.07, 6.45) is 6.53. The number of amides is 2. The lowest BCUT2D eigenvalue weighted by molar-refractivity contribution is -0.132. The van der Waals surface area contributed by atoms with Crippen LogP contribution >= 0.6 is 0 Å². The Balaban J connectivity index is 1.41. The Morgan fingerprint density at radius 2 is 1.93 bits per heavy atom. The van der Waals surface area contributed by atoms with Crippen molar-refractivity contribution in [3.8, 4) is 0 Å². The number of carbonyl (C=O) groups is 2. The summed E-state index contributed by atoms with van der Waals surface area (Å²) in [5.74, 6) is 0.728. The third-order valence-corrected chi connectivity index (χ3v) is 5.87. The largest absolute Gasteiger partial charge is 0.354 e. The molecule has 0 radical (unpaired) electrons. The van der Waals surface area contributed by atoms with E-state index in [-0.39, 0.29) is 17.9 Å². The van der Waals surface area contributed by atoms with Crippen LogP contribution in [0.3, 0.4) is 0 Å². The first-order valence-corrected chi connectivity index (χ1v) is 10.5. The van der Waals surface area contributed by atoms with Gasteiger partial charge in [-0.25, -0.2) is 0 Å². The summed E-state index contributed by atoms with van der Waals surface area (Å²) in [5.41, 5.74) is 2.56. The summed E-state index contributed by atoms with van der Waals surface area (Å²) in [6, 6.07) is 8.55. The molecule has 5 heteroatoms. The quantitative estimate of drug-likeness (QED) is 0.773. The second-order valence-corrected chi connectivity index (χ2v) is 7.91. The third-order valence-electron chi connectivity index (χ3n) is 5.87. The molecule has 2 aliphatic heterocycles. The van der Waals surface area contributed by atoms with Crippen LogP contribution < -0.4 is 10.6 Å². The predicted molar refractivity (Wildman–Crippen MR) is 107 cm³/mol. The number of carbonyl (C=O) groups excluding carboxylic acids is 2. The number of nitrogens with zero attached hydrogens (tertiary/aromatic N) is 1. The van der Waals surface area contributed by atoms with E-state index in [1.807, 2.05) is 4.90 Å². The standard InChI is InChI=1S/C22H33N3O2/c1-2-17-7-9-18(10-8-17)11-12-21(26)25-14-4-5-19(16-25)15-24-22(27)20-6-3-13-23-20/h7-10,19-20,23H,2-6,11-16H2,1H3,(H,24,27). The van der Waals surface area contributed by atoms with Gasteiger partial charge >= 0.3 is 0 Å². The van der Waals surface area contributed by atoms with E-state index in [1.165, 1.54) is 11.1 Å². The molecular formula is C22H33N3O2. The van der Waals surface area contributed by atoms with E-state index in [9.17, 15) is 9.59 Å². The normalized spacial score (nSPS) is 22.6. The maximum absolute atomic E-state index is 12.6. The molecule has 5 nitrogen and oxygen atoms in total. The van der Waals surface area contributed by atoms with Gasteiger partial charge in [0.05, 0.1) is 6.04 Å². The molecule has 0 spiro atoms. The highest BCUT2D eigenvalue weighted by Crippen LogP contribution is 2.18. The van der Waals surface area contributed by atoms with Crippen LogP contribution in [0, 0.1) is 5.92 Å². The van der Waals surface area contributed by atoms with Gasteiger partial charge < -0.3 is 15.5 Å². The molecule has 0 saturated carbocycles. The van der Waals surface area contributed by atoms with Crippen molar-refractivity contribution in [3.05, 3.63) is 35.4 Å². The zero-order valence-electron chi connectivity index (χ0n) is 16.5. The van der Waals surface area contributed by atoms with Gasteiger partial charge in [-0.3, -0.25) is 9.59 Å². The van der Waals surface area contributed by atoms with Gasteiger partial charge in [-0.1, -0.05) is 31.2 Å². The number of hydrogen-bond acceptors (Lipinski definition) is 3. The molecule has 1 aromatic carbocycles. The summed E-state index contributed by atoms with van der Waals surface area (Å²) in [6.45, 7) is 5.39. The molecule has 2 unspecified atom stereocenters. The van der Waals surface area contributed by atoms with Gasteiger partial charge in [-0.15, -0.1) is 0 Å². The molecule has 2 atom stereocenters. The van der Waals surface area contributed by atoms with Gasteiger partial charge in [-0.05, 0) is 62.1 Å². The van der Waals surface area contributed by atoms with Crippen LogP contribution in [0.1, 0.15) is 50.2 Å². The van der Waals surface area contributed by atoms with Gasteiger partial charge in [-0.2, -0.15) is 0 Å². The number of aryl methyl sites for hydroxylation is 2. The molecule has 2 fully saturated rings. The van der Waals surface area contributed by atoms with Crippen molar-refractivity contribution in [1.29, 1.82) is 0 Å². The predicted octanol–water partition coefficient (Wildman–Crippen LogP) is 2.29. The van der Waals surface area contributed by atoms with Crippen molar-refractivity contribution in [2.75, 3.05) is 26.2 Å². The molecule has 2 amide bonds. The minimum Gasteiger partial charge on any atom is -0.354 e. The lowest BCUT2D eigenvalue weighted by Gasteiger charge is -2.33. The topological polar surface area (TPSA) is 61.4 Å². The Morgan fingerprint density at radius 1 is 1.15 bits per heavy atom. The lowest BCUT2D eigenvalue weighted by atomic mass is 9.97. The zero-order valence-corrected chi connectivity index (χ0v) is 16.5. The van der Waals surface area contributed by atoms with E-state index >= 15 is 0 Å². The maximum Gasteiger partial charge on any atom is 0.237 e. The first kappa shape index (κ1) is 19.9. The van der Waals surface area contributed by atoms with Gasteiger partial charge in [0.2, 0.25) is 11.8 Å². The fourth-order valence-corrected chi connectivity index (χ4v) is 4.09. The number of likely N-dealkylation sites (tertiary alicyclic amines) is 1. The number of piperidine rings is 1. The maximum atomic E-state index is 12.6. The molecule has 1 aromatic rings. The first-order chi connectivity index (χ1) is 13.2. The highest BCUT2D eigenvalue weighted by Gasteiger charge is 2.26. The average molecular weight is 372 g/mol. The van der Waals surface area contributed by atoms with Gasteiger partial charge in [0.15, 0.2) is 0 Å². The fourth-order valence-electron chi connectivity index (χ4n) is 4.09. The molecule has 2 N–H and O–H groups in total. The lowest BCUT2D eigenvalue weighted by Crippen LogP contribution is -2.46. The van der Waals surface area contributed by atoms with Crippen LogP contribution in [-0.4, -0.2) is 48.9 Å². The summed E-state index contributed by atoms with van der Waals surface area (Å²) >= 11 is 0. The molecule has 0 aromatic heterocycles. The zero-order chi connectivity index (χ0) is 19.1. The highest BCUT2D eigenvalue weighted by atomic mass is 16.2. The van der Waals surface area contributed by atoms with E-state index in [0.717, 1.165) is 58.2 Å². The van der Waals surface area contributed by atoms with Crippen molar-refractivity contribution in [2.24, 2.45) is 5.92 Å². The molecule has 2 saturated heterocycles. The molecule has 148 valence electrons. The summed E-state index contributed by atoms with van der Waals surface area (Å²) < 4.78 is 0. The Hall–Kier alpha value is -1.88. The highest BCUT2D eigenvalue weighted by molar-refractivity contribution is 5.82. The van der Waals surface area contributed by atoms with E-state index in [4.69, 9.17) is 0 Å². The van der Waals surface area contributed by atoms with Gasteiger partial charge in [0, 0.05) is 26.1 Å². The van der Waals surface area contributed by atoms with Crippen molar-refractivity contribution in [3.63, 3.8) is 0 Å². The van der Waals surface area contributed by atoms with Crippen LogP contribution in [0.5, 0.6) is 0 Å². The number of benzene rings is 1. The van der Waals surface area contributed by atoms with Crippen LogP contribution in [0.4, 0.5) is 0 Å². The Morgan fingerprint density at radius 3 is 2.63 bits per heavy atom. The van der Waals surface area contributed by atoms with Crippen LogP contribution in [0.2, 0.25) is 0 Å². The SMILES string of the molecule is CCc1ccc(CCC(=O)N2CCCC(CNC(=O)C3CCCN3)C2)cc1. The van der Waals surface area contributed by atoms with Crippen molar-refractivity contribution in [2.45, 2.75) is 57.9 Å². The van der Waals surface area contributed by atoms with Crippen molar-refractivity contribution in [1.82, 2.24) is 15.5 Å². The van der Waals surface area contributed by atoms with E-state index in [1.54, 1.807) is 0 Å². The summed E-state index contributed by atoms with van der Waals surface area (Å²) in [7, 11) is 0. The second kappa shape index (κ2) is 9.88. The summed E-state index contributed by atoms with van der Waals surface area (Å²) in [5, 5.41) is 6.32. The van der Waals surface area contributed by atoms with Gasteiger partial charge in [0.1, 0.15) is 0 Å². The molecule has 2 aliphatic rings. The van der Waals surface area contributed by atoms with E-state index in [2.05, 4.69) is 41.8 Å². The Kier molecular flexibility index (Phi) is 7.27. The van der Waals surface area contributed by atoms with Crippen LogP contribution in [0.25, 0.3) is 0 Å². The van der Waals surface area contributed by atoms with Crippen molar-refractivity contribution < 1.29 is 9.59 Å². The second-order valence-electron chi connectivity index (χ2n) is 7.91. The van der Waals surface area contributed by atoms with Gasteiger partial charge in [0.25, 0.3) is 0 Å². The molecule has 27 heavy (non-hydrogen) atoms. The van der Waals surface area contributed by atoms with Crippen LogP contribution in [-0.2, 0) is 22.4 Å². The first-order valence-electron chi connectivity index (χ1n) is 10.5. The van der Waals surface area contributed by atoms with Crippen LogP contribution in [0.15, 0.2) is 24.3 Å². The molecular weight excluding hydrogens is 338 g/mol. The Bertz CT molecular complexity index is 623. The monoisotopic (exact) mass is 371 g/mol. The minimum absolute atomic E-state index is 0.0228. The fraction of sp³-hybridized carbons (Fsp3) is 0.636. The minimum atomic E-state index is -0.0228. The van der Waals surface area contributed by atoms with E-state index in [0.29, 0.717) is 18.9 Å². The molecule has 0 aliphatic carbocycles. The van der Waals surface area contributed by atoms with E-state index < -0.39 is 0 Å². The smallest absolute Gasteiger partial charge is 0.237 e. The number of hydrogen-bond donors (Lipinski definition) is 2. The average Bonchev–Trinajstić information content (AvgIpc) is 3.26. The van der Waals surface area contributed by atoms with Crippen molar-refractivity contribution >= 4 is 11.8 Å². The Labute approximate surface area is 162 Å². The summed E-state index contributed by atoms with van der Waals surface area (Å²) in [4.78, 5) is 26.8. The number of rotatable bonds is 7. The molecule has 2 heterocycles. The molecule has 3 rings (SSSR count). The number of nitrogens with one attached hydrogen (secondary N) is 2.